The van der Waals surface area contributed by atoms with E-state index in [0.717, 1.165) is 75.7 Å². The van der Waals surface area contributed by atoms with Crippen molar-refractivity contribution < 1.29 is 9.53 Å². The summed E-state index contributed by atoms with van der Waals surface area (Å²) in [4.78, 5) is 19.9. The Morgan fingerprint density at radius 3 is 2.45 bits per heavy atom. The van der Waals surface area contributed by atoms with Gasteiger partial charge in [0, 0.05) is 58.2 Å². The maximum Gasteiger partial charge on any atom is 0.257 e. The Morgan fingerprint density at radius 1 is 1.06 bits per heavy atom. The summed E-state index contributed by atoms with van der Waals surface area (Å²) in [5.74, 6) is 1.71. The van der Waals surface area contributed by atoms with Crippen molar-refractivity contribution in [2.75, 3.05) is 57.8 Å². The quantitative estimate of drug-likeness (QED) is 0.737. The molecule has 0 radical (unpaired) electrons. The number of rotatable bonds is 5. The fraction of sp³-hybridized carbons (Fsp3) is 0.583. The Balaban J connectivity index is 1.25. The van der Waals surface area contributed by atoms with Crippen LogP contribution in [-0.2, 0) is 7.05 Å². The zero-order chi connectivity index (χ0) is 21.8. The lowest BCUT2D eigenvalue weighted by molar-refractivity contribution is 0.0668. The number of methoxy groups -OCH3 is 1. The molecule has 0 spiro atoms. The van der Waals surface area contributed by atoms with E-state index in [0.29, 0.717) is 5.92 Å². The van der Waals surface area contributed by atoms with E-state index in [-0.39, 0.29) is 5.91 Å². The summed E-state index contributed by atoms with van der Waals surface area (Å²) < 4.78 is 7.01. The van der Waals surface area contributed by atoms with E-state index in [2.05, 4.69) is 27.0 Å². The maximum atomic E-state index is 12.8. The number of ether oxygens (including phenoxy) is 1. The summed E-state index contributed by atoms with van der Waals surface area (Å²) in [6.07, 6.45) is 5.20. The second-order valence-electron chi connectivity index (χ2n) is 8.88. The van der Waals surface area contributed by atoms with Crippen LogP contribution in [0.4, 0.5) is 5.69 Å². The van der Waals surface area contributed by atoms with Gasteiger partial charge in [-0.05, 0) is 62.9 Å². The first-order chi connectivity index (χ1) is 15.0. The van der Waals surface area contributed by atoms with Gasteiger partial charge in [0.1, 0.15) is 5.75 Å². The number of carbonyl (C=O) groups excluding carboxylic acids is 1. The van der Waals surface area contributed by atoms with E-state index in [9.17, 15) is 4.79 Å². The summed E-state index contributed by atoms with van der Waals surface area (Å²) in [5, 5.41) is 4.32. The third-order valence-electron chi connectivity index (χ3n) is 6.69. The number of anilines is 1. The number of carbonyl (C=O) groups is 1. The van der Waals surface area contributed by atoms with Gasteiger partial charge in [-0.1, -0.05) is 0 Å². The SMILES string of the molecule is COc1ccc(N2CCCN(CC3CCN(C(=O)c4cn(C)nc4C)CC3)CC2)cc1. The largest absolute Gasteiger partial charge is 0.497 e. The van der Waals surface area contributed by atoms with Gasteiger partial charge in [-0.3, -0.25) is 9.48 Å². The summed E-state index contributed by atoms with van der Waals surface area (Å²) in [5.41, 5.74) is 2.84. The topological polar surface area (TPSA) is 53.8 Å². The molecular weight excluding hydrogens is 390 g/mol. The molecule has 4 rings (SSSR count). The van der Waals surface area contributed by atoms with Crippen molar-refractivity contribution in [3.05, 3.63) is 41.7 Å². The van der Waals surface area contributed by atoms with Gasteiger partial charge < -0.3 is 19.4 Å². The second-order valence-corrected chi connectivity index (χ2v) is 8.88. The van der Waals surface area contributed by atoms with Crippen LogP contribution in [0.5, 0.6) is 5.75 Å². The molecule has 7 heteroatoms. The predicted molar refractivity (Wildman–Crippen MR) is 123 cm³/mol. The van der Waals surface area contributed by atoms with E-state index in [4.69, 9.17) is 4.74 Å². The van der Waals surface area contributed by atoms with Crippen LogP contribution < -0.4 is 9.64 Å². The van der Waals surface area contributed by atoms with Crippen LogP contribution in [0.2, 0.25) is 0 Å². The monoisotopic (exact) mass is 425 g/mol. The summed E-state index contributed by atoms with van der Waals surface area (Å²) in [6.45, 7) is 9.16. The van der Waals surface area contributed by atoms with Gasteiger partial charge >= 0.3 is 0 Å². The van der Waals surface area contributed by atoms with Crippen LogP contribution >= 0.6 is 0 Å². The Hall–Kier alpha value is -2.54. The number of amides is 1. The predicted octanol–water partition coefficient (Wildman–Crippen LogP) is 2.80. The van der Waals surface area contributed by atoms with Crippen LogP contribution in [0.3, 0.4) is 0 Å². The lowest BCUT2D eigenvalue weighted by atomic mass is 9.95. The molecule has 2 aromatic rings. The molecule has 2 aliphatic rings. The third-order valence-corrected chi connectivity index (χ3v) is 6.69. The molecule has 168 valence electrons. The lowest BCUT2D eigenvalue weighted by Crippen LogP contribution is -2.42. The van der Waals surface area contributed by atoms with E-state index >= 15 is 0 Å². The van der Waals surface area contributed by atoms with E-state index < -0.39 is 0 Å². The first-order valence-corrected chi connectivity index (χ1v) is 11.4. The molecule has 2 saturated heterocycles. The molecule has 0 aliphatic carbocycles. The average molecular weight is 426 g/mol. The molecule has 0 unspecified atom stereocenters. The highest BCUT2D eigenvalue weighted by atomic mass is 16.5. The number of aryl methyl sites for hydroxylation is 2. The first kappa shape index (κ1) is 21.7. The smallest absolute Gasteiger partial charge is 0.257 e. The summed E-state index contributed by atoms with van der Waals surface area (Å²) in [7, 11) is 3.58. The molecule has 0 bridgehead atoms. The summed E-state index contributed by atoms with van der Waals surface area (Å²) in [6, 6.07) is 8.40. The zero-order valence-electron chi connectivity index (χ0n) is 19.1. The molecule has 31 heavy (non-hydrogen) atoms. The van der Waals surface area contributed by atoms with Crippen molar-refractivity contribution >= 4 is 11.6 Å². The molecule has 2 fully saturated rings. The molecule has 3 heterocycles. The van der Waals surface area contributed by atoms with Gasteiger partial charge in [-0.2, -0.15) is 5.10 Å². The highest BCUT2D eigenvalue weighted by Gasteiger charge is 2.27. The number of likely N-dealkylation sites (tertiary alicyclic amines) is 1. The fourth-order valence-corrected chi connectivity index (χ4v) is 4.87. The fourth-order valence-electron chi connectivity index (χ4n) is 4.87. The minimum atomic E-state index is 0.133. The average Bonchev–Trinajstić information content (AvgIpc) is 2.98. The number of hydrogen-bond acceptors (Lipinski definition) is 5. The molecular formula is C24H35N5O2. The molecule has 0 atom stereocenters. The van der Waals surface area contributed by atoms with Crippen molar-refractivity contribution in [3.8, 4) is 5.75 Å². The van der Waals surface area contributed by atoms with Gasteiger partial charge in [0.15, 0.2) is 0 Å². The molecule has 1 aromatic heterocycles. The highest BCUT2D eigenvalue weighted by molar-refractivity contribution is 5.95. The zero-order valence-corrected chi connectivity index (χ0v) is 19.1. The van der Waals surface area contributed by atoms with Crippen molar-refractivity contribution in [2.45, 2.75) is 26.2 Å². The standard InChI is InChI=1S/C24H35N5O2/c1-19-23(18-26(2)25-19)24(30)29-13-9-20(10-14-29)17-27-11-4-12-28(16-15-27)21-5-7-22(31-3)8-6-21/h5-8,18,20H,4,9-17H2,1-3H3. The minimum absolute atomic E-state index is 0.133. The van der Waals surface area contributed by atoms with Crippen molar-refractivity contribution in [2.24, 2.45) is 13.0 Å². The summed E-state index contributed by atoms with van der Waals surface area (Å²) >= 11 is 0. The third kappa shape index (κ3) is 5.21. The number of aromatic nitrogens is 2. The number of benzene rings is 1. The Bertz CT molecular complexity index is 871. The molecule has 7 nitrogen and oxygen atoms in total. The number of nitrogens with zero attached hydrogens (tertiary/aromatic N) is 5. The van der Waals surface area contributed by atoms with Crippen LogP contribution in [0.1, 0.15) is 35.3 Å². The van der Waals surface area contributed by atoms with Crippen molar-refractivity contribution in [3.63, 3.8) is 0 Å². The van der Waals surface area contributed by atoms with Gasteiger partial charge in [-0.15, -0.1) is 0 Å². The molecule has 2 aliphatic heterocycles. The lowest BCUT2D eigenvalue weighted by Gasteiger charge is -2.34. The molecule has 0 saturated carbocycles. The van der Waals surface area contributed by atoms with Crippen LogP contribution in [-0.4, -0.2) is 78.4 Å². The van der Waals surface area contributed by atoms with E-state index in [1.165, 1.54) is 12.1 Å². The molecule has 0 N–H and O–H groups in total. The van der Waals surface area contributed by atoms with E-state index in [1.54, 1.807) is 11.8 Å². The van der Waals surface area contributed by atoms with Crippen molar-refractivity contribution in [1.29, 1.82) is 0 Å². The highest BCUT2D eigenvalue weighted by Crippen LogP contribution is 2.23. The van der Waals surface area contributed by atoms with Crippen molar-refractivity contribution in [1.82, 2.24) is 19.6 Å². The molecule has 1 amide bonds. The van der Waals surface area contributed by atoms with Gasteiger partial charge in [0.05, 0.1) is 18.4 Å². The van der Waals surface area contributed by atoms with Crippen LogP contribution in [0, 0.1) is 12.8 Å². The van der Waals surface area contributed by atoms with Gasteiger partial charge in [0.25, 0.3) is 5.91 Å². The minimum Gasteiger partial charge on any atom is -0.497 e. The van der Waals surface area contributed by atoms with Gasteiger partial charge in [-0.25, -0.2) is 0 Å². The molecule has 1 aromatic carbocycles. The van der Waals surface area contributed by atoms with E-state index in [1.807, 2.05) is 37.2 Å². The van der Waals surface area contributed by atoms with Gasteiger partial charge in [0.2, 0.25) is 0 Å². The number of hydrogen-bond donors (Lipinski definition) is 0. The normalized spacial score (nSPS) is 18.8. The van der Waals surface area contributed by atoms with Crippen LogP contribution in [0.15, 0.2) is 30.5 Å². The van der Waals surface area contributed by atoms with Crippen LogP contribution in [0.25, 0.3) is 0 Å². The Kier molecular flexibility index (Phi) is 6.80. The maximum absolute atomic E-state index is 12.8. The first-order valence-electron chi connectivity index (χ1n) is 11.4. The number of piperidine rings is 1. The second kappa shape index (κ2) is 9.73. The Labute approximate surface area is 185 Å². The Morgan fingerprint density at radius 2 is 1.81 bits per heavy atom.